The van der Waals surface area contributed by atoms with Gasteiger partial charge in [-0.3, -0.25) is 9.78 Å². The van der Waals surface area contributed by atoms with Crippen LogP contribution in [0.1, 0.15) is 58.4 Å². The normalized spacial score (nSPS) is 38.7. The second kappa shape index (κ2) is 6.52. The highest BCUT2D eigenvalue weighted by Crippen LogP contribution is 2.65. The van der Waals surface area contributed by atoms with Crippen LogP contribution >= 0.6 is 0 Å². The smallest absolute Gasteiger partial charge is 0.157 e. The third-order valence-corrected chi connectivity index (χ3v) is 8.78. The van der Waals surface area contributed by atoms with Crippen molar-refractivity contribution in [3.05, 3.63) is 47.7 Å². The average Bonchev–Trinajstić information content (AvgIpc) is 3.05. The van der Waals surface area contributed by atoms with Crippen molar-refractivity contribution in [3.8, 4) is 0 Å². The molecule has 3 nitrogen and oxygen atoms in total. The van der Waals surface area contributed by atoms with Crippen LogP contribution in [-0.2, 0) is 4.79 Å². The number of fused-ring (bicyclic) bond motifs is 5. The largest absolute Gasteiger partial charge is 0.374 e. The molecule has 0 bridgehead atoms. The standard InChI is InChI=1S/C25H31FN2O/c1-4-28-15-19-21-6-5-20(16-11-17(26)14-27-13-16)24(21,2)10-8-22(19)25(3)9-7-18(29)12-23(25)28/h5,11-14,19,21-22H,4,6-10,15H2,1-3H3/t19-,21-,22-,24+,25+/m0/s1. The molecule has 29 heavy (non-hydrogen) atoms. The molecule has 1 saturated carbocycles. The van der Waals surface area contributed by atoms with Crippen LogP contribution in [0.5, 0.6) is 0 Å². The SMILES string of the molecule is CCN1C[C@@H]2[C@H](CC[C@]3(C)C(c4cncc(F)c4)=CC[C@@H]23)[C@@]2(C)CCC(=O)C=C12. The Balaban J connectivity index is 1.51. The quantitative estimate of drug-likeness (QED) is 0.687. The molecule has 0 radical (unpaired) electrons. The number of piperidine rings is 1. The van der Waals surface area contributed by atoms with E-state index in [1.54, 1.807) is 6.07 Å². The lowest BCUT2D eigenvalue weighted by atomic mass is 9.49. The molecule has 1 aliphatic heterocycles. The zero-order chi connectivity index (χ0) is 20.4. The first-order chi connectivity index (χ1) is 13.9. The maximum Gasteiger partial charge on any atom is 0.157 e. The predicted molar refractivity (Wildman–Crippen MR) is 112 cm³/mol. The number of carbonyl (C=O) groups is 1. The van der Waals surface area contributed by atoms with E-state index in [1.165, 1.54) is 23.9 Å². The predicted octanol–water partition coefficient (Wildman–Crippen LogP) is 5.25. The van der Waals surface area contributed by atoms with Gasteiger partial charge in [-0.2, -0.15) is 0 Å². The molecule has 0 amide bonds. The third-order valence-electron chi connectivity index (χ3n) is 8.78. The number of hydrogen-bond donors (Lipinski definition) is 0. The zero-order valence-electron chi connectivity index (χ0n) is 17.7. The van der Waals surface area contributed by atoms with E-state index in [-0.39, 0.29) is 16.6 Å². The number of hydrogen-bond acceptors (Lipinski definition) is 3. The van der Waals surface area contributed by atoms with Gasteiger partial charge in [-0.05, 0) is 73.0 Å². The first kappa shape index (κ1) is 19.0. The summed E-state index contributed by atoms with van der Waals surface area (Å²) < 4.78 is 13.9. The minimum absolute atomic E-state index is 0.0815. The zero-order valence-corrected chi connectivity index (χ0v) is 17.7. The van der Waals surface area contributed by atoms with E-state index in [2.05, 4.69) is 36.7 Å². The molecule has 3 aliphatic carbocycles. The van der Waals surface area contributed by atoms with E-state index in [9.17, 15) is 9.18 Å². The van der Waals surface area contributed by atoms with Crippen molar-refractivity contribution in [2.75, 3.05) is 13.1 Å². The van der Waals surface area contributed by atoms with Crippen molar-refractivity contribution in [1.82, 2.24) is 9.88 Å². The van der Waals surface area contributed by atoms with Gasteiger partial charge in [-0.15, -0.1) is 0 Å². The Labute approximate surface area is 173 Å². The monoisotopic (exact) mass is 394 g/mol. The number of rotatable bonds is 2. The fourth-order valence-corrected chi connectivity index (χ4v) is 7.29. The number of carbonyl (C=O) groups excluding carboxylic acids is 1. The summed E-state index contributed by atoms with van der Waals surface area (Å²) in [5, 5.41) is 0. The van der Waals surface area contributed by atoms with Crippen LogP contribution in [0.15, 0.2) is 36.3 Å². The second-order valence-electron chi connectivity index (χ2n) is 10.0. The van der Waals surface area contributed by atoms with Crippen molar-refractivity contribution < 1.29 is 9.18 Å². The van der Waals surface area contributed by atoms with Crippen LogP contribution < -0.4 is 0 Å². The minimum Gasteiger partial charge on any atom is -0.374 e. The highest BCUT2D eigenvalue weighted by atomic mass is 19.1. The molecule has 0 N–H and O–H groups in total. The number of likely N-dealkylation sites (tertiary alicyclic amines) is 1. The van der Waals surface area contributed by atoms with E-state index in [1.807, 2.05) is 12.3 Å². The van der Waals surface area contributed by atoms with Gasteiger partial charge in [0.2, 0.25) is 0 Å². The number of nitrogens with zero attached hydrogens (tertiary/aromatic N) is 2. The Bertz CT molecular complexity index is 921. The number of allylic oxidation sites excluding steroid dienone is 4. The van der Waals surface area contributed by atoms with Crippen LogP contribution in [0.3, 0.4) is 0 Å². The highest BCUT2D eigenvalue weighted by molar-refractivity contribution is 5.91. The van der Waals surface area contributed by atoms with Gasteiger partial charge in [0.15, 0.2) is 5.78 Å². The summed E-state index contributed by atoms with van der Waals surface area (Å²) in [4.78, 5) is 18.8. The van der Waals surface area contributed by atoms with Crippen molar-refractivity contribution >= 4 is 11.4 Å². The lowest BCUT2D eigenvalue weighted by Crippen LogP contribution is -2.57. The fourth-order valence-electron chi connectivity index (χ4n) is 7.29. The second-order valence-corrected chi connectivity index (χ2v) is 10.0. The molecule has 0 spiro atoms. The lowest BCUT2D eigenvalue weighted by molar-refractivity contribution is -0.118. The molecule has 1 aromatic heterocycles. The molecule has 1 saturated heterocycles. The van der Waals surface area contributed by atoms with E-state index in [0.29, 0.717) is 30.0 Å². The summed E-state index contributed by atoms with van der Waals surface area (Å²) in [6, 6.07) is 1.65. The van der Waals surface area contributed by atoms with Gasteiger partial charge in [0, 0.05) is 42.9 Å². The molecule has 2 heterocycles. The van der Waals surface area contributed by atoms with Gasteiger partial charge in [0.25, 0.3) is 0 Å². The summed E-state index contributed by atoms with van der Waals surface area (Å²) in [6.07, 6.45) is 12.5. The molecular weight excluding hydrogens is 363 g/mol. The number of ketones is 1. The van der Waals surface area contributed by atoms with Crippen molar-refractivity contribution in [3.63, 3.8) is 0 Å². The Kier molecular flexibility index (Phi) is 4.27. The van der Waals surface area contributed by atoms with E-state index in [4.69, 9.17) is 0 Å². The summed E-state index contributed by atoms with van der Waals surface area (Å²) in [6.45, 7) is 9.01. The Morgan fingerprint density at radius 1 is 1.21 bits per heavy atom. The van der Waals surface area contributed by atoms with E-state index < -0.39 is 0 Å². The molecule has 0 unspecified atom stereocenters. The van der Waals surface area contributed by atoms with Gasteiger partial charge >= 0.3 is 0 Å². The van der Waals surface area contributed by atoms with Gasteiger partial charge < -0.3 is 4.90 Å². The van der Waals surface area contributed by atoms with Gasteiger partial charge in [0.1, 0.15) is 5.82 Å². The van der Waals surface area contributed by atoms with Crippen LogP contribution in [0.2, 0.25) is 0 Å². The molecule has 1 aromatic rings. The highest BCUT2D eigenvalue weighted by Gasteiger charge is 2.58. The maximum absolute atomic E-state index is 13.9. The van der Waals surface area contributed by atoms with Gasteiger partial charge in [0.05, 0.1) is 6.20 Å². The van der Waals surface area contributed by atoms with Crippen LogP contribution in [0.25, 0.3) is 5.57 Å². The first-order valence-corrected chi connectivity index (χ1v) is 11.2. The van der Waals surface area contributed by atoms with Crippen molar-refractivity contribution in [2.45, 2.75) is 52.9 Å². The number of aromatic nitrogens is 1. The molecule has 0 aromatic carbocycles. The summed E-state index contributed by atoms with van der Waals surface area (Å²) >= 11 is 0. The molecule has 2 fully saturated rings. The van der Waals surface area contributed by atoms with Crippen LogP contribution in [0, 0.1) is 34.4 Å². The van der Waals surface area contributed by atoms with Crippen LogP contribution in [-0.4, -0.2) is 28.8 Å². The third kappa shape index (κ3) is 2.67. The number of pyridine rings is 1. The summed E-state index contributed by atoms with van der Waals surface area (Å²) in [5.74, 6) is 1.84. The van der Waals surface area contributed by atoms with Gasteiger partial charge in [-0.25, -0.2) is 4.39 Å². The fraction of sp³-hybridized carbons (Fsp3) is 0.600. The summed E-state index contributed by atoms with van der Waals surface area (Å²) in [7, 11) is 0. The molecular formula is C25H31FN2O. The van der Waals surface area contributed by atoms with Crippen molar-refractivity contribution in [2.24, 2.45) is 28.6 Å². The van der Waals surface area contributed by atoms with E-state index >= 15 is 0 Å². The lowest BCUT2D eigenvalue weighted by Gasteiger charge is -2.60. The Hall–Kier alpha value is -1.97. The van der Waals surface area contributed by atoms with Crippen molar-refractivity contribution in [1.29, 1.82) is 0 Å². The topological polar surface area (TPSA) is 33.2 Å². The van der Waals surface area contributed by atoms with Gasteiger partial charge in [-0.1, -0.05) is 19.9 Å². The molecule has 4 heteroatoms. The summed E-state index contributed by atoms with van der Waals surface area (Å²) in [5.41, 5.74) is 3.73. The average molecular weight is 395 g/mol. The minimum atomic E-state index is -0.256. The van der Waals surface area contributed by atoms with Crippen LogP contribution in [0.4, 0.5) is 4.39 Å². The Morgan fingerprint density at radius 2 is 2.03 bits per heavy atom. The maximum atomic E-state index is 13.9. The first-order valence-electron chi connectivity index (χ1n) is 11.2. The molecule has 5 atom stereocenters. The molecule has 154 valence electrons. The van der Waals surface area contributed by atoms with E-state index in [0.717, 1.165) is 37.9 Å². The number of halogens is 1. The molecule has 5 rings (SSSR count). The molecule has 4 aliphatic rings. The Morgan fingerprint density at radius 3 is 2.79 bits per heavy atom.